The van der Waals surface area contributed by atoms with Crippen LogP contribution in [0.4, 0.5) is 13.2 Å². The first-order valence-electron chi connectivity index (χ1n) is 9.11. The molecule has 0 bridgehead atoms. The normalized spacial score (nSPS) is 12.2. The molecule has 30 heavy (non-hydrogen) atoms. The quantitative estimate of drug-likeness (QED) is 0.237. The fraction of sp³-hybridized carbons (Fsp3) is 0.0417. The molecule has 1 heterocycles. The molecule has 0 saturated carbocycles. The summed E-state index contributed by atoms with van der Waals surface area (Å²) in [6, 6.07) is 20.7. The van der Waals surface area contributed by atoms with Gasteiger partial charge in [-0.1, -0.05) is 59.6 Å². The Morgan fingerprint density at radius 3 is 2.20 bits per heavy atom. The molecule has 6 heteroatoms. The molecule has 0 amide bonds. The topological polar surface area (TPSA) is 12.9 Å². The Hall–Kier alpha value is -2.82. The first-order chi connectivity index (χ1) is 14.3. The summed E-state index contributed by atoms with van der Waals surface area (Å²) in [6.45, 7) is 0. The van der Waals surface area contributed by atoms with Crippen molar-refractivity contribution in [1.29, 1.82) is 0 Å². The summed E-state index contributed by atoms with van der Waals surface area (Å²) in [5, 5.41) is 3.54. The summed E-state index contributed by atoms with van der Waals surface area (Å²) in [5.74, 6) is 0. The van der Waals surface area contributed by atoms with Crippen molar-refractivity contribution in [3.05, 3.63) is 88.5 Å². The molecule has 5 rings (SSSR count). The molecule has 1 aromatic heterocycles. The van der Waals surface area contributed by atoms with Crippen LogP contribution in [-0.4, -0.2) is 4.98 Å². The molecule has 4 aromatic carbocycles. The fourth-order valence-electron chi connectivity index (χ4n) is 3.95. The molecule has 0 radical (unpaired) electrons. The van der Waals surface area contributed by atoms with E-state index in [1.165, 1.54) is 0 Å². The van der Waals surface area contributed by atoms with E-state index in [1.54, 1.807) is 60.7 Å². The van der Waals surface area contributed by atoms with Gasteiger partial charge >= 0.3 is 6.18 Å². The largest absolute Gasteiger partial charge is 0.433 e. The van der Waals surface area contributed by atoms with Crippen molar-refractivity contribution in [2.45, 2.75) is 6.18 Å². The second-order valence-electron chi connectivity index (χ2n) is 7.02. The third-order valence-corrected chi connectivity index (χ3v) is 5.63. The summed E-state index contributed by atoms with van der Waals surface area (Å²) in [5.41, 5.74) is 0.729. The molecule has 5 aromatic rings. The SMILES string of the molecule is FC(F)(F)c1nc2ccccc2c2c1cc(-c1cccc(Cl)c1)c1ccc(Cl)cc12. The number of fused-ring (bicyclic) bond motifs is 5. The Balaban J connectivity index is 2.07. The Morgan fingerprint density at radius 1 is 0.667 bits per heavy atom. The zero-order valence-corrected chi connectivity index (χ0v) is 16.8. The number of hydrogen-bond donors (Lipinski definition) is 0. The Bertz CT molecular complexity index is 1460. The predicted octanol–water partition coefficient (Wildman–Crippen LogP) is 8.53. The van der Waals surface area contributed by atoms with Crippen molar-refractivity contribution in [3.63, 3.8) is 0 Å². The number of halogens is 5. The third-order valence-electron chi connectivity index (χ3n) is 5.16. The number of nitrogens with zero attached hydrogens (tertiary/aromatic N) is 1. The van der Waals surface area contributed by atoms with Crippen LogP contribution >= 0.6 is 23.2 Å². The van der Waals surface area contributed by atoms with Gasteiger partial charge in [-0.15, -0.1) is 0 Å². The van der Waals surface area contributed by atoms with Gasteiger partial charge in [0.1, 0.15) is 0 Å². The molecule has 0 N–H and O–H groups in total. The van der Waals surface area contributed by atoms with Crippen molar-refractivity contribution in [1.82, 2.24) is 4.98 Å². The van der Waals surface area contributed by atoms with E-state index < -0.39 is 11.9 Å². The van der Waals surface area contributed by atoms with Crippen molar-refractivity contribution in [2.24, 2.45) is 0 Å². The van der Waals surface area contributed by atoms with Crippen molar-refractivity contribution in [2.75, 3.05) is 0 Å². The highest BCUT2D eigenvalue weighted by molar-refractivity contribution is 6.33. The van der Waals surface area contributed by atoms with Crippen LogP contribution in [0.2, 0.25) is 10.0 Å². The fourth-order valence-corrected chi connectivity index (χ4v) is 4.31. The lowest BCUT2D eigenvalue weighted by Crippen LogP contribution is -2.09. The summed E-state index contributed by atoms with van der Waals surface area (Å²) in [7, 11) is 0. The van der Waals surface area contributed by atoms with Crippen LogP contribution in [0, 0.1) is 0 Å². The minimum absolute atomic E-state index is 0.0333. The van der Waals surface area contributed by atoms with E-state index in [9.17, 15) is 13.2 Å². The van der Waals surface area contributed by atoms with Gasteiger partial charge < -0.3 is 0 Å². The van der Waals surface area contributed by atoms with Crippen LogP contribution in [0.5, 0.6) is 0 Å². The van der Waals surface area contributed by atoms with E-state index in [4.69, 9.17) is 23.2 Å². The van der Waals surface area contributed by atoms with Crippen LogP contribution in [0.25, 0.3) is 43.6 Å². The first kappa shape index (κ1) is 19.2. The van der Waals surface area contributed by atoms with Gasteiger partial charge in [0, 0.05) is 26.2 Å². The molecule has 0 saturated heterocycles. The Kier molecular flexibility index (Phi) is 4.38. The van der Waals surface area contributed by atoms with Crippen molar-refractivity contribution < 1.29 is 13.2 Å². The monoisotopic (exact) mass is 441 g/mol. The van der Waals surface area contributed by atoms with E-state index in [-0.39, 0.29) is 10.9 Å². The molecule has 0 aliphatic carbocycles. The number of rotatable bonds is 1. The number of pyridine rings is 1. The van der Waals surface area contributed by atoms with E-state index in [0.29, 0.717) is 31.8 Å². The molecular weight excluding hydrogens is 430 g/mol. The molecule has 148 valence electrons. The number of hydrogen-bond acceptors (Lipinski definition) is 1. The van der Waals surface area contributed by atoms with Crippen LogP contribution in [0.1, 0.15) is 5.69 Å². The smallest absolute Gasteiger partial charge is 0.243 e. The van der Waals surface area contributed by atoms with E-state index in [2.05, 4.69) is 4.98 Å². The lowest BCUT2D eigenvalue weighted by molar-refractivity contribution is -0.139. The summed E-state index contributed by atoms with van der Waals surface area (Å²) < 4.78 is 42.0. The van der Waals surface area contributed by atoms with Gasteiger partial charge in [0.25, 0.3) is 0 Å². The highest BCUT2D eigenvalue weighted by atomic mass is 35.5. The molecule has 0 aliphatic heterocycles. The third kappa shape index (κ3) is 3.08. The Labute approximate surface area is 179 Å². The number of benzene rings is 4. The minimum Gasteiger partial charge on any atom is -0.243 e. The average Bonchev–Trinajstić information content (AvgIpc) is 2.71. The van der Waals surface area contributed by atoms with Crippen molar-refractivity contribution >= 4 is 55.6 Å². The molecule has 0 aliphatic rings. The van der Waals surface area contributed by atoms with E-state index in [1.807, 2.05) is 12.1 Å². The maximum absolute atomic E-state index is 14.0. The minimum atomic E-state index is -4.61. The van der Waals surface area contributed by atoms with E-state index >= 15 is 0 Å². The molecular formula is C24H12Cl2F3N. The highest BCUT2D eigenvalue weighted by Gasteiger charge is 2.36. The zero-order valence-electron chi connectivity index (χ0n) is 15.3. The van der Waals surface area contributed by atoms with Gasteiger partial charge in [0.15, 0.2) is 5.69 Å². The predicted molar refractivity (Wildman–Crippen MR) is 117 cm³/mol. The number of para-hydroxylation sites is 1. The van der Waals surface area contributed by atoms with Gasteiger partial charge in [0.05, 0.1) is 5.52 Å². The second kappa shape index (κ2) is 6.86. The van der Waals surface area contributed by atoms with Crippen LogP contribution < -0.4 is 0 Å². The maximum atomic E-state index is 14.0. The van der Waals surface area contributed by atoms with Gasteiger partial charge in [-0.2, -0.15) is 13.2 Å². The van der Waals surface area contributed by atoms with E-state index in [0.717, 1.165) is 10.9 Å². The highest BCUT2D eigenvalue weighted by Crippen LogP contribution is 2.43. The molecule has 0 fully saturated rings. The standard InChI is InChI=1S/C24H12Cl2F3N/c25-14-5-3-4-13(10-14)18-12-20-22(19-11-15(26)8-9-16(18)19)17-6-1-2-7-21(17)30-23(20)24(27,28)29/h1-12H. The zero-order chi connectivity index (χ0) is 21.0. The molecule has 0 unspecified atom stereocenters. The lowest BCUT2D eigenvalue weighted by atomic mass is 9.91. The van der Waals surface area contributed by atoms with Crippen molar-refractivity contribution in [3.8, 4) is 11.1 Å². The van der Waals surface area contributed by atoms with Gasteiger partial charge in [-0.05, 0) is 58.3 Å². The van der Waals surface area contributed by atoms with Crippen LogP contribution in [0.3, 0.4) is 0 Å². The summed E-state index contributed by atoms with van der Waals surface area (Å²) in [4.78, 5) is 3.97. The summed E-state index contributed by atoms with van der Waals surface area (Å²) in [6.07, 6.45) is -4.61. The molecule has 1 nitrogen and oxygen atoms in total. The maximum Gasteiger partial charge on any atom is 0.433 e. The molecule has 0 atom stereocenters. The first-order valence-corrected chi connectivity index (χ1v) is 9.86. The Morgan fingerprint density at radius 2 is 1.43 bits per heavy atom. The van der Waals surface area contributed by atoms with Crippen LogP contribution in [-0.2, 0) is 6.18 Å². The second-order valence-corrected chi connectivity index (χ2v) is 7.90. The van der Waals surface area contributed by atoms with Gasteiger partial charge in [0.2, 0.25) is 0 Å². The number of aromatic nitrogens is 1. The molecule has 0 spiro atoms. The van der Waals surface area contributed by atoms with Gasteiger partial charge in [-0.3, -0.25) is 0 Å². The number of alkyl halides is 3. The average molecular weight is 442 g/mol. The van der Waals surface area contributed by atoms with Gasteiger partial charge in [-0.25, -0.2) is 4.98 Å². The summed E-state index contributed by atoms with van der Waals surface area (Å²) >= 11 is 12.4. The van der Waals surface area contributed by atoms with Crippen LogP contribution in [0.15, 0.2) is 72.8 Å². The lowest BCUT2D eigenvalue weighted by Gasteiger charge is -2.17.